The van der Waals surface area contributed by atoms with Crippen LogP contribution in [0.4, 0.5) is 0 Å². The number of hydrogen-bond acceptors (Lipinski definition) is 7. The molecule has 1 aromatic carbocycles. The number of hydrogen-bond donors (Lipinski definition) is 1. The van der Waals surface area contributed by atoms with E-state index in [1.54, 1.807) is 0 Å². The molecule has 32 heavy (non-hydrogen) atoms. The number of benzene rings is 1. The summed E-state index contributed by atoms with van der Waals surface area (Å²) < 4.78 is 5.43. The van der Waals surface area contributed by atoms with Crippen LogP contribution in [-0.2, 0) is 11.3 Å². The molecule has 3 heterocycles. The van der Waals surface area contributed by atoms with Gasteiger partial charge >= 0.3 is 0 Å². The molecule has 0 bridgehead atoms. The van der Waals surface area contributed by atoms with Gasteiger partial charge in [0.2, 0.25) is 17.6 Å². The van der Waals surface area contributed by atoms with Crippen molar-refractivity contribution in [3.63, 3.8) is 0 Å². The van der Waals surface area contributed by atoms with Crippen LogP contribution in [-0.4, -0.2) is 90.2 Å². The quantitative estimate of drug-likeness (QED) is 0.606. The summed E-state index contributed by atoms with van der Waals surface area (Å²) in [6.07, 6.45) is 2.73. The number of halogens is 1. The predicted molar refractivity (Wildman–Crippen MR) is 124 cm³/mol. The molecule has 8 nitrogen and oxygen atoms in total. The molecule has 0 saturated carbocycles. The van der Waals surface area contributed by atoms with Gasteiger partial charge in [-0.1, -0.05) is 28.9 Å². The van der Waals surface area contributed by atoms with Gasteiger partial charge in [0.05, 0.1) is 11.6 Å². The van der Waals surface area contributed by atoms with Crippen molar-refractivity contribution in [2.24, 2.45) is 5.92 Å². The van der Waals surface area contributed by atoms with E-state index in [1.165, 1.54) is 0 Å². The minimum atomic E-state index is 0.0938. The van der Waals surface area contributed by atoms with Crippen LogP contribution in [0, 0.1) is 5.92 Å². The number of carbonyl (C=O) groups excluding carboxylic acids is 1. The Morgan fingerprint density at radius 3 is 2.62 bits per heavy atom. The number of likely N-dealkylation sites (tertiary alicyclic amines) is 1. The number of nitrogens with zero attached hydrogens (tertiary/aromatic N) is 5. The number of piperazine rings is 1. The van der Waals surface area contributed by atoms with E-state index in [9.17, 15) is 4.79 Å². The summed E-state index contributed by atoms with van der Waals surface area (Å²) in [4.78, 5) is 24.2. The smallest absolute Gasteiger partial charge is 0.241 e. The fraction of sp³-hybridized carbons (Fsp3) is 0.609. The normalized spacial score (nSPS) is 19.3. The molecule has 2 aliphatic rings. The molecule has 2 fully saturated rings. The molecule has 0 aliphatic carbocycles. The zero-order chi connectivity index (χ0) is 22.3. The summed E-state index contributed by atoms with van der Waals surface area (Å²) in [7, 11) is 2.17. The van der Waals surface area contributed by atoms with Crippen LogP contribution in [0.15, 0.2) is 28.8 Å². The van der Waals surface area contributed by atoms with Crippen LogP contribution in [0.1, 0.15) is 25.2 Å². The average molecular weight is 461 g/mol. The Labute approximate surface area is 194 Å². The maximum absolute atomic E-state index is 12.5. The Morgan fingerprint density at radius 2 is 1.88 bits per heavy atom. The van der Waals surface area contributed by atoms with Crippen LogP contribution in [0.3, 0.4) is 0 Å². The van der Waals surface area contributed by atoms with Crippen molar-refractivity contribution in [3.8, 4) is 11.4 Å². The van der Waals surface area contributed by atoms with E-state index in [0.717, 1.165) is 77.2 Å². The zero-order valence-electron chi connectivity index (χ0n) is 18.8. The van der Waals surface area contributed by atoms with E-state index in [-0.39, 0.29) is 11.8 Å². The number of aromatic nitrogens is 2. The monoisotopic (exact) mass is 460 g/mol. The molecule has 1 aromatic heterocycles. The lowest BCUT2D eigenvalue weighted by atomic mass is 9.96. The van der Waals surface area contributed by atoms with Gasteiger partial charge in [-0.3, -0.25) is 9.69 Å². The topological polar surface area (TPSA) is 77.7 Å². The van der Waals surface area contributed by atoms with Crippen molar-refractivity contribution >= 4 is 17.5 Å². The molecular weight excluding hydrogens is 428 g/mol. The lowest BCUT2D eigenvalue weighted by Gasteiger charge is -2.32. The van der Waals surface area contributed by atoms with Gasteiger partial charge in [-0.05, 0) is 58.1 Å². The van der Waals surface area contributed by atoms with E-state index < -0.39 is 0 Å². The number of amides is 1. The maximum atomic E-state index is 12.5. The van der Waals surface area contributed by atoms with Gasteiger partial charge in [0, 0.05) is 44.2 Å². The Hall–Kier alpha value is -2.00. The van der Waals surface area contributed by atoms with Crippen molar-refractivity contribution in [2.45, 2.75) is 25.8 Å². The highest BCUT2D eigenvalue weighted by atomic mass is 35.5. The van der Waals surface area contributed by atoms with Crippen molar-refractivity contribution < 1.29 is 9.32 Å². The molecule has 0 spiro atoms. The third kappa shape index (κ3) is 6.28. The zero-order valence-corrected chi connectivity index (χ0v) is 19.6. The van der Waals surface area contributed by atoms with Crippen LogP contribution >= 0.6 is 11.6 Å². The second kappa shape index (κ2) is 11.2. The Bertz CT molecular complexity index is 875. The Morgan fingerprint density at radius 1 is 1.12 bits per heavy atom. The van der Waals surface area contributed by atoms with E-state index >= 15 is 0 Å². The Balaban J connectivity index is 1.14. The van der Waals surface area contributed by atoms with Crippen molar-refractivity contribution in [3.05, 3.63) is 35.2 Å². The summed E-state index contributed by atoms with van der Waals surface area (Å²) in [5, 5.41) is 7.82. The van der Waals surface area contributed by atoms with Gasteiger partial charge < -0.3 is 19.6 Å². The fourth-order valence-electron chi connectivity index (χ4n) is 4.35. The summed E-state index contributed by atoms with van der Waals surface area (Å²) >= 11 is 6.22. The van der Waals surface area contributed by atoms with E-state index in [2.05, 4.69) is 37.2 Å². The van der Waals surface area contributed by atoms with Crippen molar-refractivity contribution in [2.75, 3.05) is 59.4 Å². The molecule has 9 heteroatoms. The lowest BCUT2D eigenvalue weighted by molar-refractivity contribution is -0.126. The highest BCUT2D eigenvalue weighted by molar-refractivity contribution is 6.33. The van der Waals surface area contributed by atoms with E-state index in [0.29, 0.717) is 23.3 Å². The molecule has 0 atom stereocenters. The summed E-state index contributed by atoms with van der Waals surface area (Å²) in [5.41, 5.74) is 0.771. The number of likely N-dealkylation sites (N-methyl/N-ethyl adjacent to an activating group) is 1. The van der Waals surface area contributed by atoms with Crippen LogP contribution in [0.2, 0.25) is 5.02 Å². The largest absolute Gasteiger partial charge is 0.356 e. The molecule has 1 amide bonds. The molecule has 0 unspecified atom stereocenters. The lowest BCUT2D eigenvalue weighted by Crippen LogP contribution is -2.45. The molecular formula is C23H33ClN6O2. The SMILES string of the molecule is CN1CCN(CCCNC(=O)C2CCN(Cc3nc(-c4ccccc4Cl)no3)CC2)CC1. The molecule has 2 aromatic rings. The first kappa shape index (κ1) is 23.2. The molecule has 2 aliphatic heterocycles. The Kier molecular flexibility index (Phi) is 8.13. The molecule has 0 radical (unpaired) electrons. The summed E-state index contributed by atoms with van der Waals surface area (Å²) in [6, 6.07) is 7.47. The highest BCUT2D eigenvalue weighted by Gasteiger charge is 2.26. The number of rotatable bonds is 8. The fourth-order valence-corrected chi connectivity index (χ4v) is 4.57. The standard InChI is InChI=1S/C23H33ClN6O2/c1-28-13-15-29(16-14-28)10-4-9-25-23(31)18-7-11-30(12-8-18)17-21-26-22(27-32-21)19-5-2-3-6-20(19)24/h2-3,5-6,18H,4,7-17H2,1H3,(H,25,31). The minimum absolute atomic E-state index is 0.0938. The van der Waals surface area contributed by atoms with Gasteiger partial charge in [-0.15, -0.1) is 0 Å². The molecule has 1 N–H and O–H groups in total. The molecule has 2 saturated heterocycles. The average Bonchev–Trinajstić information content (AvgIpc) is 3.27. The third-order valence-electron chi connectivity index (χ3n) is 6.45. The first-order valence-corrected chi connectivity index (χ1v) is 11.9. The van der Waals surface area contributed by atoms with Gasteiger partial charge in [-0.25, -0.2) is 0 Å². The van der Waals surface area contributed by atoms with Gasteiger partial charge in [0.1, 0.15) is 0 Å². The van der Waals surface area contributed by atoms with Crippen molar-refractivity contribution in [1.82, 2.24) is 30.2 Å². The van der Waals surface area contributed by atoms with Crippen LogP contribution < -0.4 is 5.32 Å². The third-order valence-corrected chi connectivity index (χ3v) is 6.78. The second-order valence-electron chi connectivity index (χ2n) is 8.83. The van der Waals surface area contributed by atoms with Gasteiger partial charge in [0.15, 0.2) is 0 Å². The van der Waals surface area contributed by atoms with Crippen molar-refractivity contribution in [1.29, 1.82) is 0 Å². The van der Waals surface area contributed by atoms with Crippen LogP contribution in [0.5, 0.6) is 0 Å². The first-order chi connectivity index (χ1) is 15.6. The van der Waals surface area contributed by atoms with Gasteiger partial charge in [0.25, 0.3) is 0 Å². The summed E-state index contributed by atoms with van der Waals surface area (Å²) in [6.45, 7) is 8.64. The number of piperidine rings is 1. The van der Waals surface area contributed by atoms with Gasteiger partial charge in [-0.2, -0.15) is 4.98 Å². The minimum Gasteiger partial charge on any atom is -0.356 e. The van der Waals surface area contributed by atoms with E-state index in [4.69, 9.17) is 16.1 Å². The number of carbonyl (C=O) groups is 1. The molecule has 4 rings (SSSR count). The first-order valence-electron chi connectivity index (χ1n) is 11.6. The predicted octanol–water partition coefficient (Wildman–Crippen LogP) is 2.36. The maximum Gasteiger partial charge on any atom is 0.241 e. The summed E-state index contributed by atoms with van der Waals surface area (Å²) in [5.74, 6) is 1.38. The second-order valence-corrected chi connectivity index (χ2v) is 9.24. The number of nitrogens with one attached hydrogen (secondary N) is 1. The highest BCUT2D eigenvalue weighted by Crippen LogP contribution is 2.25. The van der Waals surface area contributed by atoms with Crippen LogP contribution in [0.25, 0.3) is 11.4 Å². The van der Waals surface area contributed by atoms with E-state index in [1.807, 2.05) is 24.3 Å². The molecule has 174 valence electrons.